The summed E-state index contributed by atoms with van der Waals surface area (Å²) in [5, 5.41) is 0. The standard InChI is InChI=1S/C15H26O5/c1-4-18-13-12(9-19-15(13)17-3)20-14(16)11-7-5-10(2)6-8-11/h10-13,15H,4-9H2,1-3H3. The Kier molecular flexibility index (Phi) is 5.81. The Morgan fingerprint density at radius 3 is 2.55 bits per heavy atom. The van der Waals surface area contributed by atoms with E-state index >= 15 is 0 Å². The summed E-state index contributed by atoms with van der Waals surface area (Å²) < 4.78 is 21.9. The first-order chi connectivity index (χ1) is 9.65. The molecule has 1 heterocycles. The van der Waals surface area contributed by atoms with Crippen molar-refractivity contribution < 1.29 is 23.7 Å². The van der Waals surface area contributed by atoms with Gasteiger partial charge in [-0.05, 0) is 38.5 Å². The Bertz CT molecular complexity index is 311. The second-order valence-electron chi connectivity index (χ2n) is 5.79. The highest BCUT2D eigenvalue weighted by molar-refractivity contribution is 5.72. The molecule has 1 aliphatic heterocycles. The van der Waals surface area contributed by atoms with Crippen molar-refractivity contribution in [1.82, 2.24) is 0 Å². The molecular formula is C15H26O5. The molecule has 5 heteroatoms. The molecule has 3 atom stereocenters. The number of hydrogen-bond donors (Lipinski definition) is 0. The van der Waals surface area contributed by atoms with E-state index in [9.17, 15) is 4.79 Å². The van der Waals surface area contributed by atoms with Crippen molar-refractivity contribution in [2.24, 2.45) is 11.8 Å². The lowest BCUT2D eigenvalue weighted by Gasteiger charge is -2.27. The Balaban J connectivity index is 1.86. The summed E-state index contributed by atoms with van der Waals surface area (Å²) in [4.78, 5) is 12.2. The average Bonchev–Trinajstić information content (AvgIpc) is 2.82. The van der Waals surface area contributed by atoms with Gasteiger partial charge in [-0.2, -0.15) is 0 Å². The second-order valence-corrected chi connectivity index (χ2v) is 5.79. The lowest BCUT2D eigenvalue weighted by atomic mass is 9.83. The predicted molar refractivity (Wildman–Crippen MR) is 73.2 cm³/mol. The molecule has 5 nitrogen and oxygen atoms in total. The van der Waals surface area contributed by atoms with Gasteiger partial charge in [0, 0.05) is 13.7 Å². The summed E-state index contributed by atoms with van der Waals surface area (Å²) in [5.74, 6) is 0.657. The van der Waals surface area contributed by atoms with Crippen LogP contribution in [0.5, 0.6) is 0 Å². The summed E-state index contributed by atoms with van der Waals surface area (Å²) in [6.45, 7) is 5.04. The Morgan fingerprint density at radius 1 is 1.25 bits per heavy atom. The van der Waals surface area contributed by atoms with Gasteiger partial charge in [0.25, 0.3) is 0 Å². The molecule has 116 valence electrons. The fourth-order valence-corrected chi connectivity index (χ4v) is 2.98. The maximum atomic E-state index is 12.2. The van der Waals surface area contributed by atoms with Crippen molar-refractivity contribution in [1.29, 1.82) is 0 Å². The predicted octanol–water partition coefficient (Wildman–Crippen LogP) is 2.13. The monoisotopic (exact) mass is 286 g/mol. The van der Waals surface area contributed by atoms with E-state index in [0.29, 0.717) is 13.2 Å². The van der Waals surface area contributed by atoms with E-state index in [0.717, 1.165) is 31.6 Å². The minimum Gasteiger partial charge on any atom is -0.457 e. The van der Waals surface area contributed by atoms with Crippen LogP contribution in [-0.2, 0) is 23.7 Å². The van der Waals surface area contributed by atoms with Crippen molar-refractivity contribution in [3.63, 3.8) is 0 Å². The SMILES string of the molecule is CCOC1C(OC(=O)C2CCC(C)CC2)COC1OC. The molecule has 0 aromatic rings. The number of ether oxygens (including phenoxy) is 4. The highest BCUT2D eigenvalue weighted by atomic mass is 16.7. The number of hydrogen-bond acceptors (Lipinski definition) is 5. The molecule has 0 amide bonds. The number of methoxy groups -OCH3 is 1. The smallest absolute Gasteiger partial charge is 0.309 e. The van der Waals surface area contributed by atoms with Gasteiger partial charge in [0.2, 0.25) is 0 Å². The van der Waals surface area contributed by atoms with Crippen LogP contribution in [0.4, 0.5) is 0 Å². The van der Waals surface area contributed by atoms with Crippen LogP contribution in [0.1, 0.15) is 39.5 Å². The van der Waals surface area contributed by atoms with Crippen LogP contribution < -0.4 is 0 Å². The van der Waals surface area contributed by atoms with Crippen LogP contribution in [0.15, 0.2) is 0 Å². The molecule has 0 N–H and O–H groups in total. The van der Waals surface area contributed by atoms with Gasteiger partial charge in [-0.25, -0.2) is 0 Å². The molecule has 2 aliphatic rings. The molecule has 1 saturated carbocycles. The number of carbonyl (C=O) groups is 1. The third-order valence-electron chi connectivity index (χ3n) is 4.27. The van der Waals surface area contributed by atoms with Crippen molar-refractivity contribution in [2.75, 3.05) is 20.3 Å². The van der Waals surface area contributed by atoms with Crippen molar-refractivity contribution >= 4 is 5.97 Å². The van der Waals surface area contributed by atoms with E-state index in [2.05, 4.69) is 6.92 Å². The molecule has 1 saturated heterocycles. The zero-order valence-electron chi connectivity index (χ0n) is 12.7. The fraction of sp³-hybridized carbons (Fsp3) is 0.933. The lowest BCUT2D eigenvalue weighted by Crippen LogP contribution is -2.38. The third kappa shape index (κ3) is 3.71. The normalized spacial score (nSPS) is 37.9. The molecule has 3 unspecified atom stereocenters. The van der Waals surface area contributed by atoms with Crippen LogP contribution in [0.25, 0.3) is 0 Å². The summed E-state index contributed by atoms with van der Waals surface area (Å²) in [7, 11) is 1.57. The minimum atomic E-state index is -0.445. The Morgan fingerprint density at radius 2 is 1.95 bits per heavy atom. The van der Waals surface area contributed by atoms with Gasteiger partial charge in [-0.1, -0.05) is 6.92 Å². The maximum Gasteiger partial charge on any atom is 0.309 e. The topological polar surface area (TPSA) is 54.0 Å². The first-order valence-corrected chi connectivity index (χ1v) is 7.62. The summed E-state index contributed by atoms with van der Waals surface area (Å²) >= 11 is 0. The molecule has 0 aromatic heterocycles. The first kappa shape index (κ1) is 15.7. The number of esters is 1. The highest BCUT2D eigenvalue weighted by Gasteiger charge is 2.42. The molecule has 0 radical (unpaired) electrons. The summed E-state index contributed by atoms with van der Waals surface area (Å²) in [6.07, 6.45) is 2.95. The van der Waals surface area contributed by atoms with Crippen LogP contribution in [0, 0.1) is 11.8 Å². The average molecular weight is 286 g/mol. The van der Waals surface area contributed by atoms with E-state index < -0.39 is 6.29 Å². The fourth-order valence-electron chi connectivity index (χ4n) is 2.98. The molecule has 0 aromatic carbocycles. The van der Waals surface area contributed by atoms with Gasteiger partial charge in [0.1, 0.15) is 6.10 Å². The molecule has 2 fully saturated rings. The zero-order chi connectivity index (χ0) is 14.5. The second kappa shape index (κ2) is 7.38. The van der Waals surface area contributed by atoms with E-state index in [4.69, 9.17) is 18.9 Å². The van der Waals surface area contributed by atoms with Crippen LogP contribution in [0.2, 0.25) is 0 Å². The molecule has 2 rings (SSSR count). The van der Waals surface area contributed by atoms with Gasteiger partial charge in [0.15, 0.2) is 12.4 Å². The van der Waals surface area contributed by atoms with Crippen LogP contribution in [-0.4, -0.2) is 44.8 Å². The van der Waals surface area contributed by atoms with Crippen LogP contribution in [0.3, 0.4) is 0 Å². The van der Waals surface area contributed by atoms with Gasteiger partial charge >= 0.3 is 5.97 Å². The van der Waals surface area contributed by atoms with Gasteiger partial charge < -0.3 is 18.9 Å². The largest absolute Gasteiger partial charge is 0.457 e. The first-order valence-electron chi connectivity index (χ1n) is 7.62. The van der Waals surface area contributed by atoms with E-state index in [1.165, 1.54) is 0 Å². The Hall–Kier alpha value is -0.650. The number of rotatable bonds is 5. The van der Waals surface area contributed by atoms with Gasteiger partial charge in [-0.3, -0.25) is 4.79 Å². The van der Waals surface area contributed by atoms with Crippen LogP contribution >= 0.6 is 0 Å². The lowest BCUT2D eigenvalue weighted by molar-refractivity contribution is -0.169. The summed E-state index contributed by atoms with van der Waals surface area (Å²) in [5.41, 5.74) is 0. The molecule has 0 spiro atoms. The van der Waals surface area contributed by atoms with E-state index in [1.807, 2.05) is 6.92 Å². The van der Waals surface area contributed by atoms with Crippen molar-refractivity contribution in [3.05, 3.63) is 0 Å². The minimum absolute atomic E-state index is 0.0371. The Labute approximate surface area is 120 Å². The molecule has 0 bridgehead atoms. The molecule has 1 aliphatic carbocycles. The van der Waals surface area contributed by atoms with Crippen molar-refractivity contribution in [2.45, 2.75) is 58.0 Å². The van der Waals surface area contributed by atoms with E-state index in [1.54, 1.807) is 7.11 Å². The zero-order valence-corrected chi connectivity index (χ0v) is 12.7. The quantitative estimate of drug-likeness (QED) is 0.725. The maximum absolute atomic E-state index is 12.2. The van der Waals surface area contributed by atoms with Crippen molar-refractivity contribution in [3.8, 4) is 0 Å². The van der Waals surface area contributed by atoms with E-state index in [-0.39, 0.29) is 24.1 Å². The van der Waals surface area contributed by atoms with Gasteiger partial charge in [0.05, 0.1) is 12.5 Å². The summed E-state index contributed by atoms with van der Waals surface area (Å²) in [6, 6.07) is 0. The number of carbonyl (C=O) groups excluding carboxylic acids is 1. The van der Waals surface area contributed by atoms with Gasteiger partial charge in [-0.15, -0.1) is 0 Å². The third-order valence-corrected chi connectivity index (χ3v) is 4.27. The molecule has 20 heavy (non-hydrogen) atoms. The highest BCUT2D eigenvalue weighted by Crippen LogP contribution is 2.30. The molecular weight excluding hydrogens is 260 g/mol.